The zero-order chi connectivity index (χ0) is 18.8. The molecule has 2 aromatic carbocycles. The molecule has 0 aliphatic carbocycles. The minimum absolute atomic E-state index is 0.00519. The second-order valence-corrected chi connectivity index (χ2v) is 7.22. The number of carbonyl (C=O) groups excluding carboxylic acids is 1. The summed E-state index contributed by atoms with van der Waals surface area (Å²) in [6.45, 7) is 1.42. The Morgan fingerprint density at radius 1 is 1.30 bits per heavy atom. The Morgan fingerprint density at radius 3 is 2.96 bits per heavy atom. The quantitative estimate of drug-likeness (QED) is 0.742. The van der Waals surface area contributed by atoms with Crippen molar-refractivity contribution < 1.29 is 14.3 Å². The predicted octanol–water partition coefficient (Wildman–Crippen LogP) is 3.43. The summed E-state index contributed by atoms with van der Waals surface area (Å²) in [6, 6.07) is 12.1. The number of halogens is 1. The molecule has 2 heterocycles. The number of hydrogen-bond acceptors (Lipinski definition) is 3. The van der Waals surface area contributed by atoms with Crippen molar-refractivity contribution in [3.05, 3.63) is 59.7 Å². The van der Waals surface area contributed by atoms with Crippen LogP contribution in [0.25, 0.3) is 11.0 Å². The van der Waals surface area contributed by atoms with Crippen molar-refractivity contribution >= 4 is 16.9 Å². The maximum absolute atomic E-state index is 13.5. The van der Waals surface area contributed by atoms with Crippen molar-refractivity contribution in [1.29, 1.82) is 0 Å². The molecule has 3 aromatic rings. The fourth-order valence-corrected chi connectivity index (χ4v) is 3.78. The third-order valence-electron chi connectivity index (χ3n) is 5.16. The van der Waals surface area contributed by atoms with Crippen molar-refractivity contribution in [3.63, 3.8) is 0 Å². The van der Waals surface area contributed by atoms with Gasteiger partial charge in [-0.3, -0.25) is 4.79 Å². The SMILES string of the molecule is O=C(Cc1ccc(O)c(F)c1)N1CCC[C@@H](Cc2nc3ccccc3[nH]2)C1. The number of carbonyl (C=O) groups is 1. The monoisotopic (exact) mass is 367 g/mol. The number of aromatic nitrogens is 2. The van der Waals surface area contributed by atoms with Crippen LogP contribution in [0, 0.1) is 11.7 Å². The molecule has 5 nitrogen and oxygen atoms in total. The zero-order valence-electron chi connectivity index (χ0n) is 15.0. The second kappa shape index (κ2) is 7.39. The van der Waals surface area contributed by atoms with Gasteiger partial charge in [0, 0.05) is 19.5 Å². The summed E-state index contributed by atoms with van der Waals surface area (Å²) in [5.41, 5.74) is 2.57. The van der Waals surface area contributed by atoms with Crippen molar-refractivity contribution in [2.75, 3.05) is 13.1 Å². The van der Waals surface area contributed by atoms with Gasteiger partial charge in [-0.2, -0.15) is 0 Å². The second-order valence-electron chi connectivity index (χ2n) is 7.22. The summed E-state index contributed by atoms with van der Waals surface area (Å²) < 4.78 is 13.5. The van der Waals surface area contributed by atoms with Crippen LogP contribution in [0.2, 0.25) is 0 Å². The van der Waals surface area contributed by atoms with Gasteiger partial charge in [0.15, 0.2) is 11.6 Å². The predicted molar refractivity (Wildman–Crippen MR) is 101 cm³/mol. The molecule has 0 unspecified atom stereocenters. The highest BCUT2D eigenvalue weighted by atomic mass is 19.1. The summed E-state index contributed by atoms with van der Waals surface area (Å²) in [5, 5.41) is 9.27. The summed E-state index contributed by atoms with van der Waals surface area (Å²) >= 11 is 0. The maximum atomic E-state index is 13.5. The topological polar surface area (TPSA) is 69.2 Å². The van der Waals surface area contributed by atoms with Crippen molar-refractivity contribution in [1.82, 2.24) is 14.9 Å². The number of aromatic hydroxyl groups is 1. The molecule has 0 radical (unpaired) electrons. The van der Waals surface area contributed by atoms with E-state index in [9.17, 15) is 14.3 Å². The number of aromatic amines is 1. The molecule has 1 amide bonds. The summed E-state index contributed by atoms with van der Waals surface area (Å²) in [6.07, 6.45) is 2.98. The summed E-state index contributed by atoms with van der Waals surface area (Å²) in [7, 11) is 0. The number of imidazole rings is 1. The number of likely N-dealkylation sites (tertiary alicyclic amines) is 1. The first-order chi connectivity index (χ1) is 13.1. The molecule has 1 atom stereocenters. The molecule has 0 spiro atoms. The van der Waals surface area contributed by atoms with Gasteiger partial charge in [0.2, 0.25) is 5.91 Å². The molecule has 0 saturated carbocycles. The highest BCUT2D eigenvalue weighted by Gasteiger charge is 2.25. The fourth-order valence-electron chi connectivity index (χ4n) is 3.78. The van der Waals surface area contributed by atoms with Gasteiger partial charge in [0.25, 0.3) is 0 Å². The lowest BCUT2D eigenvalue weighted by Crippen LogP contribution is -2.41. The van der Waals surface area contributed by atoms with Crippen LogP contribution in [0.3, 0.4) is 0 Å². The van der Waals surface area contributed by atoms with E-state index in [4.69, 9.17) is 0 Å². The third-order valence-corrected chi connectivity index (χ3v) is 5.16. The molecule has 1 aliphatic heterocycles. The van der Waals surface area contributed by atoms with Crippen LogP contribution in [0.5, 0.6) is 5.75 Å². The first-order valence-electron chi connectivity index (χ1n) is 9.27. The van der Waals surface area contributed by atoms with Gasteiger partial charge >= 0.3 is 0 Å². The summed E-state index contributed by atoms with van der Waals surface area (Å²) in [4.78, 5) is 22.5. The molecular weight excluding hydrogens is 345 g/mol. The first-order valence-corrected chi connectivity index (χ1v) is 9.27. The van der Waals surface area contributed by atoms with Gasteiger partial charge in [-0.15, -0.1) is 0 Å². The average Bonchev–Trinajstić information content (AvgIpc) is 3.07. The average molecular weight is 367 g/mol. The smallest absolute Gasteiger partial charge is 0.227 e. The minimum atomic E-state index is -0.693. The molecule has 6 heteroatoms. The minimum Gasteiger partial charge on any atom is -0.505 e. The van der Waals surface area contributed by atoms with Gasteiger partial charge in [0.05, 0.1) is 17.5 Å². The van der Waals surface area contributed by atoms with Crippen molar-refractivity contribution in [2.24, 2.45) is 5.92 Å². The molecule has 0 bridgehead atoms. The molecule has 1 aromatic heterocycles. The highest BCUT2D eigenvalue weighted by Crippen LogP contribution is 2.23. The molecule has 1 saturated heterocycles. The maximum Gasteiger partial charge on any atom is 0.227 e. The van der Waals surface area contributed by atoms with Gasteiger partial charge in [-0.05, 0) is 48.6 Å². The number of benzene rings is 2. The molecule has 27 heavy (non-hydrogen) atoms. The third kappa shape index (κ3) is 3.94. The number of nitrogens with one attached hydrogen (secondary N) is 1. The Balaban J connectivity index is 1.39. The molecule has 1 aliphatic rings. The molecule has 140 valence electrons. The number of hydrogen-bond donors (Lipinski definition) is 2. The van der Waals surface area contributed by atoms with Crippen LogP contribution in [0.4, 0.5) is 4.39 Å². The Bertz CT molecular complexity index is 936. The van der Waals surface area contributed by atoms with E-state index in [0.29, 0.717) is 18.0 Å². The number of phenolic OH excluding ortho intramolecular Hbond substituents is 1. The van der Waals surface area contributed by atoms with E-state index >= 15 is 0 Å². The van der Waals surface area contributed by atoms with Gasteiger partial charge in [-0.1, -0.05) is 18.2 Å². The number of nitrogens with zero attached hydrogens (tertiary/aromatic N) is 2. The van der Waals surface area contributed by atoms with Crippen LogP contribution in [0.15, 0.2) is 42.5 Å². The standard InChI is InChI=1S/C21H22FN3O2/c22-16-10-14(7-8-19(16)26)12-21(27)25-9-3-4-15(13-25)11-20-23-17-5-1-2-6-18(17)24-20/h1-2,5-8,10,15,26H,3-4,9,11-13H2,(H,23,24)/t15-/m0/s1. The largest absolute Gasteiger partial charge is 0.505 e. The van der Waals surface area contributed by atoms with Crippen LogP contribution in [-0.4, -0.2) is 39.0 Å². The van der Waals surface area contributed by atoms with Gasteiger partial charge in [-0.25, -0.2) is 9.37 Å². The lowest BCUT2D eigenvalue weighted by Gasteiger charge is -2.32. The van der Waals surface area contributed by atoms with E-state index in [-0.39, 0.29) is 12.3 Å². The summed E-state index contributed by atoms with van der Waals surface area (Å²) in [5.74, 6) is 0.224. The zero-order valence-corrected chi connectivity index (χ0v) is 15.0. The Hall–Kier alpha value is -2.89. The van der Waals surface area contributed by atoms with Crippen molar-refractivity contribution in [3.8, 4) is 5.75 Å². The number of para-hydroxylation sites is 2. The molecule has 4 rings (SSSR count). The number of H-pyrrole nitrogens is 1. The molecule has 2 N–H and O–H groups in total. The van der Waals surface area contributed by atoms with E-state index in [1.807, 2.05) is 29.2 Å². The van der Waals surface area contributed by atoms with E-state index in [2.05, 4.69) is 9.97 Å². The molecular formula is C21H22FN3O2. The lowest BCUT2D eigenvalue weighted by atomic mass is 9.94. The Morgan fingerprint density at radius 2 is 2.15 bits per heavy atom. The van der Waals surface area contributed by atoms with Crippen LogP contribution < -0.4 is 0 Å². The van der Waals surface area contributed by atoms with Crippen LogP contribution in [-0.2, 0) is 17.6 Å². The number of rotatable bonds is 4. The molecule has 1 fully saturated rings. The first kappa shape index (κ1) is 17.5. The number of piperidine rings is 1. The van der Waals surface area contributed by atoms with E-state index < -0.39 is 11.6 Å². The fraction of sp³-hybridized carbons (Fsp3) is 0.333. The number of phenols is 1. The van der Waals surface area contributed by atoms with Crippen LogP contribution >= 0.6 is 0 Å². The Kier molecular flexibility index (Phi) is 4.79. The highest BCUT2D eigenvalue weighted by molar-refractivity contribution is 5.79. The van der Waals surface area contributed by atoms with Crippen molar-refractivity contribution in [2.45, 2.75) is 25.7 Å². The van der Waals surface area contributed by atoms with Crippen LogP contribution in [0.1, 0.15) is 24.2 Å². The normalized spacial score (nSPS) is 17.4. The van der Waals surface area contributed by atoms with E-state index in [0.717, 1.165) is 42.7 Å². The Labute approximate surface area is 156 Å². The van der Waals surface area contributed by atoms with Gasteiger partial charge in [0.1, 0.15) is 5.82 Å². The lowest BCUT2D eigenvalue weighted by molar-refractivity contribution is -0.132. The number of amides is 1. The number of fused-ring (bicyclic) bond motifs is 1. The van der Waals surface area contributed by atoms with E-state index in [1.54, 1.807) is 6.07 Å². The van der Waals surface area contributed by atoms with Gasteiger partial charge < -0.3 is 15.0 Å². The van der Waals surface area contributed by atoms with E-state index in [1.165, 1.54) is 12.1 Å².